The molecule has 0 N–H and O–H groups in total. The summed E-state index contributed by atoms with van der Waals surface area (Å²) in [5.74, 6) is 0.300. The Morgan fingerprint density at radius 2 is 1.60 bits per heavy atom. The second-order valence-corrected chi connectivity index (χ2v) is 6.43. The molecule has 1 fully saturated rings. The summed E-state index contributed by atoms with van der Waals surface area (Å²) in [5, 5.41) is 0. The summed E-state index contributed by atoms with van der Waals surface area (Å²) in [5.41, 5.74) is 3.09. The Labute approximate surface area is 122 Å². The molecule has 1 aromatic carbocycles. The lowest BCUT2D eigenvalue weighted by Crippen LogP contribution is -2.49. The van der Waals surface area contributed by atoms with Crippen molar-refractivity contribution >= 4 is 5.69 Å². The van der Waals surface area contributed by atoms with E-state index in [1.807, 2.05) is 6.07 Å². The van der Waals surface area contributed by atoms with Crippen molar-refractivity contribution in [2.75, 3.05) is 31.1 Å². The van der Waals surface area contributed by atoms with Gasteiger partial charge < -0.3 is 4.90 Å². The minimum absolute atomic E-state index is 0.0719. The zero-order valence-corrected chi connectivity index (χ0v) is 13.4. The van der Waals surface area contributed by atoms with Gasteiger partial charge in [-0.2, -0.15) is 0 Å². The lowest BCUT2D eigenvalue weighted by atomic mass is 9.97. The van der Waals surface area contributed by atoms with E-state index in [2.05, 4.69) is 44.4 Å². The molecule has 1 aromatic rings. The molecule has 0 aromatic heterocycles. The number of nitrogens with zero attached hydrogens (tertiary/aromatic N) is 2. The Kier molecular flexibility index (Phi) is 4.69. The smallest absolute Gasteiger partial charge is 0.146 e. The molecule has 0 radical (unpaired) electrons. The van der Waals surface area contributed by atoms with E-state index < -0.39 is 0 Å². The molecule has 2 rings (SSSR count). The average molecular weight is 278 g/mol. The van der Waals surface area contributed by atoms with Crippen LogP contribution in [0.2, 0.25) is 0 Å². The molecule has 0 amide bonds. The van der Waals surface area contributed by atoms with Crippen LogP contribution in [0.25, 0.3) is 0 Å². The molecule has 1 aliphatic heterocycles. The second kappa shape index (κ2) is 6.13. The topological polar surface area (TPSA) is 6.48 Å². The van der Waals surface area contributed by atoms with Crippen molar-refractivity contribution in [3.05, 3.63) is 29.1 Å². The molecule has 0 bridgehead atoms. The lowest BCUT2D eigenvalue weighted by Gasteiger charge is -2.38. The highest BCUT2D eigenvalue weighted by Crippen LogP contribution is 2.28. The van der Waals surface area contributed by atoms with Gasteiger partial charge in [0.05, 0.1) is 5.69 Å². The van der Waals surface area contributed by atoms with Crippen LogP contribution in [0.3, 0.4) is 0 Å². The summed E-state index contributed by atoms with van der Waals surface area (Å²) in [6, 6.07) is 4.33. The molecule has 2 nitrogen and oxygen atoms in total. The van der Waals surface area contributed by atoms with Crippen molar-refractivity contribution < 1.29 is 4.39 Å². The number of halogens is 1. The first kappa shape index (κ1) is 15.3. The molecule has 1 heterocycles. The van der Waals surface area contributed by atoms with Crippen LogP contribution in [0.5, 0.6) is 0 Å². The Bertz CT molecular complexity index is 460. The predicted molar refractivity (Wildman–Crippen MR) is 84.1 cm³/mol. The average Bonchev–Trinajstić information content (AvgIpc) is 2.40. The molecule has 0 saturated carbocycles. The maximum absolute atomic E-state index is 14.4. The Balaban J connectivity index is 2.16. The molecule has 112 valence electrons. The fourth-order valence-corrected chi connectivity index (χ4v) is 3.03. The maximum atomic E-state index is 14.4. The minimum atomic E-state index is -0.0719. The fourth-order valence-electron chi connectivity index (χ4n) is 3.03. The van der Waals surface area contributed by atoms with Crippen molar-refractivity contribution in [2.24, 2.45) is 0 Å². The minimum Gasteiger partial charge on any atom is -0.367 e. The molecule has 0 spiro atoms. The molecular weight excluding hydrogens is 251 g/mol. The van der Waals surface area contributed by atoms with E-state index in [1.54, 1.807) is 6.07 Å². The van der Waals surface area contributed by atoms with E-state index in [0.29, 0.717) is 12.0 Å². The normalized spacial score (nSPS) is 17.3. The number of rotatable bonds is 3. The van der Waals surface area contributed by atoms with Crippen LogP contribution >= 0.6 is 0 Å². The first-order valence-corrected chi connectivity index (χ1v) is 7.69. The highest BCUT2D eigenvalue weighted by Gasteiger charge is 2.22. The number of hydrogen-bond donors (Lipinski definition) is 0. The van der Waals surface area contributed by atoms with Gasteiger partial charge in [-0.3, -0.25) is 4.90 Å². The fraction of sp³-hybridized carbons (Fsp3) is 0.647. The molecule has 0 atom stereocenters. The summed E-state index contributed by atoms with van der Waals surface area (Å²) < 4.78 is 14.4. The second-order valence-electron chi connectivity index (χ2n) is 6.43. The molecule has 0 unspecified atom stereocenters. The van der Waals surface area contributed by atoms with Crippen LogP contribution < -0.4 is 4.90 Å². The summed E-state index contributed by atoms with van der Waals surface area (Å²) >= 11 is 0. The number of benzene rings is 1. The van der Waals surface area contributed by atoms with E-state index in [-0.39, 0.29) is 5.82 Å². The van der Waals surface area contributed by atoms with Gasteiger partial charge in [0, 0.05) is 32.2 Å². The van der Waals surface area contributed by atoms with E-state index in [9.17, 15) is 4.39 Å². The first-order chi connectivity index (χ1) is 9.40. The van der Waals surface area contributed by atoms with Gasteiger partial charge in [-0.15, -0.1) is 0 Å². The summed E-state index contributed by atoms with van der Waals surface area (Å²) in [6.07, 6.45) is 0. The Morgan fingerprint density at radius 3 is 2.10 bits per heavy atom. The third kappa shape index (κ3) is 3.14. The SMILES string of the molecule is Cc1cc(N2CCN(C(C)C)CC2)c(F)cc1C(C)C. The zero-order chi connectivity index (χ0) is 14.9. The third-order valence-corrected chi connectivity index (χ3v) is 4.34. The van der Waals surface area contributed by atoms with Crippen LogP contribution in [-0.4, -0.2) is 37.1 Å². The van der Waals surface area contributed by atoms with Gasteiger partial charge in [0.1, 0.15) is 5.82 Å². The molecular formula is C17H27FN2. The lowest BCUT2D eigenvalue weighted by molar-refractivity contribution is 0.209. The standard InChI is InChI=1S/C17H27FN2/c1-12(2)15-11-16(18)17(10-14(15)5)20-8-6-19(7-9-20)13(3)4/h10-13H,6-9H2,1-5H3. The third-order valence-electron chi connectivity index (χ3n) is 4.34. The van der Waals surface area contributed by atoms with E-state index in [4.69, 9.17) is 0 Å². The van der Waals surface area contributed by atoms with Gasteiger partial charge in [-0.1, -0.05) is 13.8 Å². The highest BCUT2D eigenvalue weighted by atomic mass is 19.1. The Hall–Kier alpha value is -1.09. The summed E-state index contributed by atoms with van der Waals surface area (Å²) in [4.78, 5) is 4.63. The van der Waals surface area contributed by atoms with Crippen LogP contribution in [0.15, 0.2) is 12.1 Å². The van der Waals surface area contributed by atoms with Gasteiger partial charge >= 0.3 is 0 Å². The summed E-state index contributed by atoms with van der Waals surface area (Å²) in [7, 11) is 0. The van der Waals surface area contributed by atoms with Crippen molar-refractivity contribution in [2.45, 2.75) is 46.6 Å². The van der Waals surface area contributed by atoms with E-state index in [0.717, 1.165) is 37.4 Å². The monoisotopic (exact) mass is 278 g/mol. The molecule has 20 heavy (non-hydrogen) atoms. The zero-order valence-electron chi connectivity index (χ0n) is 13.4. The van der Waals surface area contributed by atoms with Crippen molar-refractivity contribution in [1.82, 2.24) is 4.90 Å². The Morgan fingerprint density at radius 1 is 1.00 bits per heavy atom. The predicted octanol–water partition coefficient (Wildman–Crippen LogP) is 3.79. The van der Waals surface area contributed by atoms with Crippen LogP contribution in [0.1, 0.15) is 44.7 Å². The van der Waals surface area contributed by atoms with Gasteiger partial charge in [0.25, 0.3) is 0 Å². The van der Waals surface area contributed by atoms with Crippen molar-refractivity contribution in [3.63, 3.8) is 0 Å². The number of aryl methyl sites for hydroxylation is 1. The number of anilines is 1. The number of piperazine rings is 1. The quantitative estimate of drug-likeness (QED) is 0.830. The molecule has 1 aliphatic rings. The van der Waals surface area contributed by atoms with Crippen LogP contribution in [-0.2, 0) is 0 Å². The highest BCUT2D eigenvalue weighted by molar-refractivity contribution is 5.53. The van der Waals surface area contributed by atoms with Crippen LogP contribution in [0.4, 0.5) is 10.1 Å². The van der Waals surface area contributed by atoms with Gasteiger partial charge in [-0.05, 0) is 49.9 Å². The van der Waals surface area contributed by atoms with Gasteiger partial charge in [0.2, 0.25) is 0 Å². The van der Waals surface area contributed by atoms with Gasteiger partial charge in [-0.25, -0.2) is 4.39 Å². The van der Waals surface area contributed by atoms with Crippen LogP contribution in [0, 0.1) is 12.7 Å². The summed E-state index contributed by atoms with van der Waals surface area (Å²) in [6.45, 7) is 14.6. The first-order valence-electron chi connectivity index (χ1n) is 7.69. The molecule has 3 heteroatoms. The van der Waals surface area contributed by atoms with E-state index in [1.165, 1.54) is 5.56 Å². The van der Waals surface area contributed by atoms with Crippen molar-refractivity contribution in [1.29, 1.82) is 0 Å². The molecule has 0 aliphatic carbocycles. The van der Waals surface area contributed by atoms with Crippen molar-refractivity contribution in [3.8, 4) is 0 Å². The maximum Gasteiger partial charge on any atom is 0.146 e. The van der Waals surface area contributed by atoms with E-state index >= 15 is 0 Å². The number of hydrogen-bond acceptors (Lipinski definition) is 2. The van der Waals surface area contributed by atoms with Gasteiger partial charge in [0.15, 0.2) is 0 Å². The molecule has 1 saturated heterocycles. The largest absolute Gasteiger partial charge is 0.367 e.